The summed E-state index contributed by atoms with van der Waals surface area (Å²) in [7, 11) is -1.94. The van der Waals surface area contributed by atoms with Gasteiger partial charge in [-0.25, -0.2) is 8.42 Å². The number of methoxy groups -OCH3 is 1. The summed E-state index contributed by atoms with van der Waals surface area (Å²) in [5.74, 6) is -1.41. The lowest BCUT2D eigenvalue weighted by molar-refractivity contribution is -0.142. The Balaban J connectivity index is 1.89. The van der Waals surface area contributed by atoms with Crippen molar-refractivity contribution in [2.24, 2.45) is 5.92 Å². The summed E-state index contributed by atoms with van der Waals surface area (Å²) in [6.07, 6.45) is 3.16. The molecule has 108 valence electrons. The van der Waals surface area contributed by atoms with Gasteiger partial charge in [-0.05, 0) is 32.1 Å². The van der Waals surface area contributed by atoms with Gasteiger partial charge in [0.1, 0.15) is 4.75 Å². The minimum absolute atomic E-state index is 0.120. The fraction of sp³-hybridized carbons (Fsp3) is 0.917. The Morgan fingerprint density at radius 1 is 1.42 bits per heavy atom. The molecule has 3 rings (SSSR count). The molecular weight excluding hydrogens is 270 g/mol. The molecule has 1 aliphatic carbocycles. The smallest absolute Gasteiger partial charge is 0.308 e. The van der Waals surface area contributed by atoms with Crippen molar-refractivity contribution in [2.75, 3.05) is 13.7 Å². The van der Waals surface area contributed by atoms with Gasteiger partial charge >= 0.3 is 5.97 Å². The maximum atomic E-state index is 12.8. The molecule has 3 atom stereocenters. The Morgan fingerprint density at radius 3 is 2.58 bits per heavy atom. The molecule has 1 N–H and O–H groups in total. The molecule has 0 amide bonds. The number of carbonyl (C=O) groups is 1. The number of carboxylic acid groups (broad SMARTS) is 1. The lowest BCUT2D eigenvalue weighted by Gasteiger charge is -2.27. The molecule has 0 aromatic rings. The van der Waals surface area contributed by atoms with Crippen LogP contribution < -0.4 is 0 Å². The number of nitrogens with zero attached hydrogens (tertiary/aromatic N) is 1. The average Bonchev–Trinajstić information content (AvgIpc) is 2.91. The van der Waals surface area contributed by atoms with Gasteiger partial charge < -0.3 is 9.84 Å². The minimum atomic E-state index is -3.45. The maximum Gasteiger partial charge on any atom is 0.308 e. The summed E-state index contributed by atoms with van der Waals surface area (Å²) in [5, 5.41) is 9.19. The molecule has 3 unspecified atom stereocenters. The number of hydrogen-bond donors (Lipinski definition) is 1. The molecule has 2 bridgehead atoms. The zero-order valence-electron chi connectivity index (χ0n) is 10.9. The van der Waals surface area contributed by atoms with Crippen LogP contribution in [-0.4, -0.2) is 54.3 Å². The van der Waals surface area contributed by atoms with Crippen LogP contribution in [0.3, 0.4) is 0 Å². The first-order valence-electron chi connectivity index (χ1n) is 6.68. The normalized spacial score (nSPS) is 36.6. The van der Waals surface area contributed by atoms with Gasteiger partial charge in [0.15, 0.2) is 0 Å². The molecule has 3 aliphatic rings. The Hall–Kier alpha value is -0.660. The summed E-state index contributed by atoms with van der Waals surface area (Å²) < 4.78 is 31.4. The van der Waals surface area contributed by atoms with E-state index in [1.165, 1.54) is 11.4 Å². The largest absolute Gasteiger partial charge is 0.481 e. The van der Waals surface area contributed by atoms with E-state index in [4.69, 9.17) is 4.74 Å². The number of carboxylic acids is 1. The van der Waals surface area contributed by atoms with E-state index in [-0.39, 0.29) is 18.7 Å². The number of ether oxygens (including phenoxy) is 1. The van der Waals surface area contributed by atoms with Gasteiger partial charge in [0, 0.05) is 19.2 Å². The first-order chi connectivity index (χ1) is 8.93. The van der Waals surface area contributed by atoms with E-state index < -0.39 is 26.7 Å². The fourth-order valence-electron chi connectivity index (χ4n) is 3.68. The number of hydrogen-bond acceptors (Lipinski definition) is 4. The third-order valence-corrected chi connectivity index (χ3v) is 7.57. The molecule has 0 radical (unpaired) electrons. The summed E-state index contributed by atoms with van der Waals surface area (Å²) in [5.41, 5.74) is 0. The van der Waals surface area contributed by atoms with Crippen molar-refractivity contribution in [1.29, 1.82) is 0 Å². The number of sulfonamides is 1. The third-order valence-electron chi connectivity index (χ3n) is 4.83. The summed E-state index contributed by atoms with van der Waals surface area (Å²) >= 11 is 0. The minimum Gasteiger partial charge on any atom is -0.481 e. The van der Waals surface area contributed by atoms with Crippen LogP contribution in [0, 0.1) is 5.92 Å². The van der Waals surface area contributed by atoms with E-state index in [2.05, 4.69) is 0 Å². The van der Waals surface area contributed by atoms with Crippen molar-refractivity contribution < 1.29 is 23.1 Å². The molecule has 1 saturated carbocycles. The van der Waals surface area contributed by atoms with Crippen LogP contribution >= 0.6 is 0 Å². The lowest BCUT2D eigenvalue weighted by atomic mass is 9.89. The van der Waals surface area contributed by atoms with Gasteiger partial charge in [-0.2, -0.15) is 4.31 Å². The highest BCUT2D eigenvalue weighted by Crippen LogP contribution is 2.52. The Bertz CT molecular complexity index is 498. The predicted octanol–water partition coefficient (Wildman–Crippen LogP) is 0.433. The van der Waals surface area contributed by atoms with Crippen molar-refractivity contribution in [2.45, 2.75) is 48.9 Å². The predicted molar refractivity (Wildman–Crippen MR) is 67.2 cm³/mol. The van der Waals surface area contributed by atoms with Crippen LogP contribution in [0.4, 0.5) is 0 Å². The number of fused-ring (bicyclic) bond motifs is 2. The Labute approximate surface area is 112 Å². The molecule has 0 spiro atoms. The van der Waals surface area contributed by atoms with E-state index in [1.54, 1.807) is 0 Å². The van der Waals surface area contributed by atoms with E-state index in [0.29, 0.717) is 25.7 Å². The molecule has 2 aliphatic heterocycles. The molecule has 0 aromatic heterocycles. The number of aliphatic carboxylic acids is 1. The van der Waals surface area contributed by atoms with Crippen LogP contribution in [0.5, 0.6) is 0 Å². The zero-order chi connectivity index (χ0) is 13.8. The topological polar surface area (TPSA) is 83.9 Å². The Kier molecular flexibility index (Phi) is 2.92. The summed E-state index contributed by atoms with van der Waals surface area (Å²) in [4.78, 5) is 11.2. The van der Waals surface area contributed by atoms with Crippen molar-refractivity contribution in [3.63, 3.8) is 0 Å². The second-order valence-corrected chi connectivity index (χ2v) is 8.17. The van der Waals surface area contributed by atoms with Gasteiger partial charge in [0.2, 0.25) is 10.0 Å². The molecule has 7 heteroatoms. The first kappa shape index (κ1) is 13.3. The van der Waals surface area contributed by atoms with Crippen LogP contribution in [0.1, 0.15) is 32.1 Å². The van der Waals surface area contributed by atoms with Crippen LogP contribution in [-0.2, 0) is 19.6 Å². The van der Waals surface area contributed by atoms with Gasteiger partial charge in [-0.3, -0.25) is 4.79 Å². The Morgan fingerprint density at radius 2 is 2.11 bits per heavy atom. The van der Waals surface area contributed by atoms with E-state index >= 15 is 0 Å². The van der Waals surface area contributed by atoms with Gasteiger partial charge in [-0.15, -0.1) is 0 Å². The highest BCUT2D eigenvalue weighted by atomic mass is 32.2. The first-order valence-corrected chi connectivity index (χ1v) is 8.12. The van der Waals surface area contributed by atoms with E-state index in [0.717, 1.165) is 6.42 Å². The number of rotatable bonds is 5. The lowest BCUT2D eigenvalue weighted by Crippen LogP contribution is -2.46. The second kappa shape index (κ2) is 4.17. The molecule has 2 heterocycles. The fourth-order valence-corrected chi connectivity index (χ4v) is 6.21. The highest BCUT2D eigenvalue weighted by molar-refractivity contribution is 7.90. The second-order valence-electron chi connectivity index (χ2n) is 5.93. The molecule has 0 aromatic carbocycles. The molecular formula is C12H19NO5S. The molecule has 19 heavy (non-hydrogen) atoms. The molecule has 2 saturated heterocycles. The highest BCUT2D eigenvalue weighted by Gasteiger charge is 2.63. The third kappa shape index (κ3) is 1.75. The van der Waals surface area contributed by atoms with Crippen molar-refractivity contribution in [3.8, 4) is 0 Å². The summed E-state index contributed by atoms with van der Waals surface area (Å²) in [6.45, 7) is 0.211. The van der Waals surface area contributed by atoms with Crippen molar-refractivity contribution in [3.05, 3.63) is 0 Å². The quantitative estimate of drug-likeness (QED) is 0.793. The van der Waals surface area contributed by atoms with Crippen molar-refractivity contribution >= 4 is 16.0 Å². The maximum absolute atomic E-state index is 12.8. The average molecular weight is 289 g/mol. The van der Waals surface area contributed by atoms with Crippen LogP contribution in [0.25, 0.3) is 0 Å². The molecule has 6 nitrogen and oxygen atoms in total. The van der Waals surface area contributed by atoms with Gasteiger partial charge in [0.05, 0.1) is 12.5 Å². The van der Waals surface area contributed by atoms with Gasteiger partial charge in [0.25, 0.3) is 0 Å². The van der Waals surface area contributed by atoms with E-state index in [1.807, 2.05) is 0 Å². The standard InChI is InChI=1S/C12H19NO5S/c1-18-7-12(4-5-12)19(16,17)13-8-2-3-10(13)9(6-8)11(14)15/h8-10H,2-7H2,1H3,(H,14,15). The monoisotopic (exact) mass is 289 g/mol. The SMILES string of the molecule is COCC1(S(=O)(=O)N2C3CCC2C(C(=O)O)C3)CC1. The van der Waals surface area contributed by atoms with E-state index in [9.17, 15) is 18.3 Å². The zero-order valence-corrected chi connectivity index (χ0v) is 11.7. The molecule has 3 fully saturated rings. The van der Waals surface area contributed by atoms with Crippen molar-refractivity contribution in [1.82, 2.24) is 4.31 Å². The summed E-state index contributed by atoms with van der Waals surface area (Å²) in [6, 6.07) is -0.465. The van der Waals surface area contributed by atoms with Gasteiger partial charge in [-0.1, -0.05) is 0 Å². The van der Waals surface area contributed by atoms with Crippen LogP contribution in [0.15, 0.2) is 0 Å². The van der Waals surface area contributed by atoms with Crippen LogP contribution in [0.2, 0.25) is 0 Å².